The molecule has 0 bridgehead atoms. The Morgan fingerprint density at radius 3 is 2.48 bits per heavy atom. The minimum atomic E-state index is -0.824. The van der Waals surface area contributed by atoms with Crippen molar-refractivity contribution in [2.45, 2.75) is 51.1 Å². The van der Waals surface area contributed by atoms with Crippen LogP contribution in [0.1, 0.15) is 59.1 Å². The predicted octanol–water partition coefficient (Wildman–Crippen LogP) is 4.69. The first-order chi connectivity index (χ1) is 16.1. The number of hydrogen-bond donors (Lipinski definition) is 1. The third kappa shape index (κ3) is 5.22. The number of thiophene rings is 1. The summed E-state index contributed by atoms with van der Waals surface area (Å²) in [5, 5.41) is 5.18. The van der Waals surface area contributed by atoms with Crippen LogP contribution in [0.15, 0.2) is 54.3 Å². The van der Waals surface area contributed by atoms with Crippen LogP contribution >= 0.6 is 11.3 Å². The highest BCUT2D eigenvalue weighted by atomic mass is 32.1. The summed E-state index contributed by atoms with van der Waals surface area (Å²) < 4.78 is 5.29. The second-order valence-corrected chi connectivity index (χ2v) is 9.13. The van der Waals surface area contributed by atoms with E-state index in [0.29, 0.717) is 11.4 Å². The normalized spacial score (nSPS) is 15.0. The second kappa shape index (κ2) is 10.6. The number of aryl methyl sites for hydroxylation is 1. The van der Waals surface area contributed by atoms with Gasteiger partial charge in [-0.05, 0) is 61.0 Å². The van der Waals surface area contributed by atoms with Gasteiger partial charge in [-0.25, -0.2) is 4.98 Å². The molecule has 1 fully saturated rings. The Hall–Kier alpha value is -3.26. The Morgan fingerprint density at radius 1 is 1.12 bits per heavy atom. The molecule has 1 aliphatic carbocycles. The molecular weight excluding hydrogens is 436 g/mol. The summed E-state index contributed by atoms with van der Waals surface area (Å²) in [5.41, 5.74) is 1.73. The highest BCUT2D eigenvalue weighted by Crippen LogP contribution is 2.35. The summed E-state index contributed by atoms with van der Waals surface area (Å²) in [7, 11) is 1.59. The molecule has 7 nitrogen and oxygen atoms in total. The van der Waals surface area contributed by atoms with E-state index in [1.54, 1.807) is 31.4 Å². The van der Waals surface area contributed by atoms with Crippen LogP contribution in [0.5, 0.6) is 5.75 Å². The van der Waals surface area contributed by atoms with Gasteiger partial charge in [0.25, 0.3) is 5.91 Å². The summed E-state index contributed by atoms with van der Waals surface area (Å²) in [6.07, 6.45) is 9.76. The molecule has 1 aromatic carbocycles. The zero-order valence-corrected chi connectivity index (χ0v) is 19.7. The molecule has 1 N–H and O–H groups in total. The topological polar surface area (TPSA) is 84.4 Å². The molecule has 1 unspecified atom stereocenters. The van der Waals surface area contributed by atoms with Crippen molar-refractivity contribution >= 4 is 28.8 Å². The van der Waals surface area contributed by atoms with Crippen LogP contribution in [0.4, 0.5) is 5.69 Å². The van der Waals surface area contributed by atoms with Gasteiger partial charge >= 0.3 is 0 Å². The van der Waals surface area contributed by atoms with Gasteiger partial charge in [-0.3, -0.25) is 19.5 Å². The number of carbonyl (C=O) groups excluding carboxylic acids is 2. The lowest BCUT2D eigenvalue weighted by Gasteiger charge is -2.33. The van der Waals surface area contributed by atoms with Crippen LogP contribution in [0.3, 0.4) is 0 Å². The van der Waals surface area contributed by atoms with Gasteiger partial charge in [0.05, 0.1) is 13.3 Å². The van der Waals surface area contributed by atoms with E-state index in [0.717, 1.165) is 36.1 Å². The Labute approximate surface area is 197 Å². The van der Waals surface area contributed by atoms with Crippen molar-refractivity contribution in [1.82, 2.24) is 15.3 Å². The molecule has 8 heteroatoms. The van der Waals surface area contributed by atoms with Gasteiger partial charge in [-0.15, -0.1) is 11.3 Å². The number of anilines is 1. The SMILES string of the molecule is COc1ccc(N(C(=O)c2cnccn2)C(C(=O)NC2CCCCC2)c2sccc2C)cc1. The molecule has 2 aromatic heterocycles. The third-order valence-electron chi connectivity index (χ3n) is 5.96. The fourth-order valence-electron chi connectivity index (χ4n) is 4.20. The van der Waals surface area contributed by atoms with Crippen LogP contribution in [0.2, 0.25) is 0 Å². The van der Waals surface area contributed by atoms with Gasteiger partial charge in [0.15, 0.2) is 6.04 Å². The lowest BCUT2D eigenvalue weighted by atomic mass is 9.95. The zero-order chi connectivity index (χ0) is 23.2. The highest BCUT2D eigenvalue weighted by Gasteiger charge is 2.36. The number of nitrogens with one attached hydrogen (secondary N) is 1. The maximum atomic E-state index is 13.8. The molecule has 33 heavy (non-hydrogen) atoms. The summed E-state index contributed by atoms with van der Waals surface area (Å²) in [6.45, 7) is 1.96. The average Bonchev–Trinajstić information content (AvgIpc) is 3.28. The Morgan fingerprint density at radius 2 is 1.88 bits per heavy atom. The molecular formula is C25H28N4O3S. The molecule has 3 aromatic rings. The van der Waals surface area contributed by atoms with E-state index < -0.39 is 6.04 Å². The van der Waals surface area contributed by atoms with Gasteiger partial charge < -0.3 is 10.1 Å². The Bertz CT molecular complexity index is 1080. The van der Waals surface area contributed by atoms with Gasteiger partial charge in [0.1, 0.15) is 11.4 Å². The number of nitrogens with zero attached hydrogens (tertiary/aromatic N) is 3. The molecule has 172 valence electrons. The lowest BCUT2D eigenvalue weighted by molar-refractivity contribution is -0.123. The Balaban J connectivity index is 1.78. The van der Waals surface area contributed by atoms with Crippen molar-refractivity contribution in [3.63, 3.8) is 0 Å². The monoisotopic (exact) mass is 464 g/mol. The van der Waals surface area contributed by atoms with Gasteiger partial charge in [-0.2, -0.15) is 0 Å². The van der Waals surface area contributed by atoms with Crippen molar-refractivity contribution in [3.05, 3.63) is 70.4 Å². The summed E-state index contributed by atoms with van der Waals surface area (Å²) in [6, 6.07) is 8.41. The van der Waals surface area contributed by atoms with Crippen molar-refractivity contribution in [1.29, 1.82) is 0 Å². The molecule has 0 radical (unpaired) electrons. The number of ether oxygens (including phenoxy) is 1. The summed E-state index contributed by atoms with van der Waals surface area (Å²) in [5.74, 6) is 0.103. The van der Waals surface area contributed by atoms with E-state index in [4.69, 9.17) is 4.74 Å². The summed E-state index contributed by atoms with van der Waals surface area (Å²) >= 11 is 1.48. The van der Waals surface area contributed by atoms with Crippen molar-refractivity contribution in [2.24, 2.45) is 0 Å². The maximum absolute atomic E-state index is 13.8. The largest absolute Gasteiger partial charge is 0.497 e. The molecule has 2 amide bonds. The number of amides is 2. The van der Waals surface area contributed by atoms with Gasteiger partial charge in [0, 0.05) is 29.0 Å². The number of hydrogen-bond acceptors (Lipinski definition) is 6. The van der Waals surface area contributed by atoms with Crippen molar-refractivity contribution in [2.75, 3.05) is 12.0 Å². The fraction of sp³-hybridized carbons (Fsp3) is 0.360. The smallest absolute Gasteiger partial charge is 0.279 e. The van der Waals surface area contributed by atoms with E-state index in [2.05, 4.69) is 15.3 Å². The fourth-order valence-corrected chi connectivity index (χ4v) is 5.22. The van der Waals surface area contributed by atoms with Crippen molar-refractivity contribution < 1.29 is 14.3 Å². The molecule has 4 rings (SSSR count). The van der Waals surface area contributed by atoms with Crippen LogP contribution < -0.4 is 15.0 Å². The van der Waals surface area contributed by atoms with Crippen LogP contribution in [-0.4, -0.2) is 34.9 Å². The number of methoxy groups -OCH3 is 1. The van der Waals surface area contributed by atoms with E-state index in [9.17, 15) is 9.59 Å². The number of carbonyl (C=O) groups is 2. The first-order valence-corrected chi connectivity index (χ1v) is 12.0. The minimum absolute atomic E-state index is 0.123. The van der Waals surface area contributed by atoms with Gasteiger partial charge in [0.2, 0.25) is 5.91 Å². The molecule has 0 spiro atoms. The first kappa shape index (κ1) is 22.9. The number of aromatic nitrogens is 2. The van der Waals surface area contributed by atoms with Crippen LogP contribution in [0, 0.1) is 6.92 Å². The lowest BCUT2D eigenvalue weighted by Crippen LogP contribution is -2.47. The molecule has 0 aliphatic heterocycles. The molecule has 1 atom stereocenters. The third-order valence-corrected chi connectivity index (χ3v) is 7.03. The quantitative estimate of drug-likeness (QED) is 0.548. The minimum Gasteiger partial charge on any atom is -0.497 e. The maximum Gasteiger partial charge on any atom is 0.279 e. The van der Waals surface area contributed by atoms with E-state index in [-0.39, 0.29) is 23.6 Å². The van der Waals surface area contributed by atoms with Crippen LogP contribution in [0.25, 0.3) is 0 Å². The van der Waals surface area contributed by atoms with E-state index in [1.807, 2.05) is 18.4 Å². The van der Waals surface area contributed by atoms with E-state index >= 15 is 0 Å². The standard InChI is InChI=1S/C25H28N4O3S/c1-17-12-15-33-23(17)22(24(30)28-18-6-4-3-5-7-18)29(19-8-10-20(32-2)11-9-19)25(31)21-16-26-13-14-27-21/h8-16,18,22H,3-7H2,1-2H3,(H,28,30). The predicted molar refractivity (Wildman–Crippen MR) is 129 cm³/mol. The molecule has 1 aliphatic rings. The van der Waals surface area contributed by atoms with E-state index in [1.165, 1.54) is 41.2 Å². The second-order valence-electron chi connectivity index (χ2n) is 8.18. The Kier molecular flexibility index (Phi) is 7.34. The molecule has 1 saturated carbocycles. The first-order valence-electron chi connectivity index (χ1n) is 11.2. The average molecular weight is 465 g/mol. The highest BCUT2D eigenvalue weighted by molar-refractivity contribution is 7.10. The molecule has 0 saturated heterocycles. The number of rotatable bonds is 7. The number of benzene rings is 1. The van der Waals surface area contributed by atoms with Crippen LogP contribution in [-0.2, 0) is 4.79 Å². The summed E-state index contributed by atoms with van der Waals surface area (Å²) in [4.78, 5) is 38.2. The zero-order valence-electron chi connectivity index (χ0n) is 18.9. The van der Waals surface area contributed by atoms with Crippen molar-refractivity contribution in [3.8, 4) is 5.75 Å². The molecule has 2 heterocycles. The van der Waals surface area contributed by atoms with Gasteiger partial charge in [-0.1, -0.05) is 19.3 Å².